The van der Waals surface area contributed by atoms with E-state index in [-0.39, 0.29) is 11.8 Å². The van der Waals surface area contributed by atoms with E-state index in [1.807, 2.05) is 18.2 Å². The van der Waals surface area contributed by atoms with Crippen molar-refractivity contribution >= 4 is 5.69 Å². The minimum absolute atomic E-state index is 0.166. The molecule has 0 aliphatic carbocycles. The first-order valence-corrected chi connectivity index (χ1v) is 6.04. The lowest BCUT2D eigenvalue weighted by Gasteiger charge is -2.27. The smallest absolute Gasteiger partial charge is 0.115 e. The number of rotatable bonds is 2. The number of ether oxygens (including phenoxy) is 1. The van der Waals surface area contributed by atoms with Crippen molar-refractivity contribution in [3.05, 3.63) is 59.7 Å². The van der Waals surface area contributed by atoms with Gasteiger partial charge in [0.05, 0.1) is 19.3 Å². The Hall–Kier alpha value is -2.00. The molecule has 0 spiro atoms. The molecule has 18 heavy (non-hydrogen) atoms. The van der Waals surface area contributed by atoms with E-state index in [1.165, 1.54) is 11.1 Å². The zero-order chi connectivity index (χ0) is 12.4. The molecule has 92 valence electrons. The molecule has 0 fully saturated rings. The summed E-state index contributed by atoms with van der Waals surface area (Å²) in [6, 6.07) is 15.6. The third-order valence-corrected chi connectivity index (χ3v) is 3.18. The SMILES string of the molecule is Oc1ccc(NC2COCc3ccccc32)cc1. The molecule has 1 atom stereocenters. The number of benzene rings is 2. The fourth-order valence-electron chi connectivity index (χ4n) is 2.26. The summed E-state index contributed by atoms with van der Waals surface area (Å²) < 4.78 is 5.59. The van der Waals surface area contributed by atoms with Crippen LogP contribution in [-0.4, -0.2) is 11.7 Å². The lowest BCUT2D eigenvalue weighted by atomic mass is 9.99. The molecule has 0 bridgehead atoms. The van der Waals surface area contributed by atoms with Crippen LogP contribution >= 0.6 is 0 Å². The molecule has 1 heterocycles. The van der Waals surface area contributed by atoms with Crippen molar-refractivity contribution in [1.82, 2.24) is 0 Å². The van der Waals surface area contributed by atoms with Gasteiger partial charge in [0.1, 0.15) is 5.75 Å². The maximum absolute atomic E-state index is 9.27. The fraction of sp³-hybridized carbons (Fsp3) is 0.200. The lowest BCUT2D eigenvalue weighted by molar-refractivity contribution is 0.0970. The van der Waals surface area contributed by atoms with Crippen molar-refractivity contribution in [2.45, 2.75) is 12.6 Å². The zero-order valence-electron chi connectivity index (χ0n) is 9.97. The molecule has 1 aliphatic rings. The van der Waals surface area contributed by atoms with E-state index in [4.69, 9.17) is 4.74 Å². The van der Waals surface area contributed by atoms with Gasteiger partial charge in [-0.25, -0.2) is 0 Å². The van der Waals surface area contributed by atoms with Crippen molar-refractivity contribution < 1.29 is 9.84 Å². The second kappa shape index (κ2) is 4.70. The molecular formula is C15H15NO2. The summed E-state index contributed by atoms with van der Waals surface area (Å²) in [5.41, 5.74) is 3.51. The normalized spacial score (nSPS) is 18.1. The molecule has 2 N–H and O–H groups in total. The van der Waals surface area contributed by atoms with Gasteiger partial charge in [0.2, 0.25) is 0 Å². The molecule has 0 saturated heterocycles. The van der Waals surface area contributed by atoms with Crippen LogP contribution in [0.15, 0.2) is 48.5 Å². The minimum Gasteiger partial charge on any atom is -0.508 e. The first-order valence-electron chi connectivity index (χ1n) is 6.04. The van der Waals surface area contributed by atoms with Gasteiger partial charge in [-0.2, -0.15) is 0 Å². The molecule has 2 aromatic rings. The van der Waals surface area contributed by atoms with E-state index in [2.05, 4.69) is 23.5 Å². The first kappa shape index (κ1) is 11.1. The average Bonchev–Trinajstić information content (AvgIpc) is 2.42. The fourth-order valence-corrected chi connectivity index (χ4v) is 2.26. The number of aromatic hydroxyl groups is 1. The Balaban J connectivity index is 1.84. The summed E-state index contributed by atoms with van der Waals surface area (Å²) in [5.74, 6) is 0.279. The van der Waals surface area contributed by atoms with Crippen LogP contribution in [0.4, 0.5) is 5.69 Å². The van der Waals surface area contributed by atoms with Crippen LogP contribution < -0.4 is 5.32 Å². The van der Waals surface area contributed by atoms with Crippen molar-refractivity contribution in [1.29, 1.82) is 0 Å². The summed E-state index contributed by atoms with van der Waals surface area (Å²) in [6.45, 7) is 1.35. The lowest BCUT2D eigenvalue weighted by Crippen LogP contribution is -2.23. The van der Waals surface area contributed by atoms with Crippen molar-refractivity contribution in [2.75, 3.05) is 11.9 Å². The first-order chi connectivity index (χ1) is 8.83. The predicted molar refractivity (Wildman–Crippen MR) is 70.6 cm³/mol. The number of hydrogen-bond acceptors (Lipinski definition) is 3. The monoisotopic (exact) mass is 241 g/mol. The molecule has 1 aliphatic heterocycles. The maximum atomic E-state index is 9.27. The number of nitrogens with one attached hydrogen (secondary N) is 1. The predicted octanol–water partition coefficient (Wildman–Crippen LogP) is 3.08. The van der Waals surface area contributed by atoms with Crippen LogP contribution in [0.2, 0.25) is 0 Å². The largest absolute Gasteiger partial charge is 0.508 e. The van der Waals surface area contributed by atoms with E-state index >= 15 is 0 Å². The van der Waals surface area contributed by atoms with Gasteiger partial charge in [0, 0.05) is 5.69 Å². The summed E-state index contributed by atoms with van der Waals surface area (Å²) in [6.07, 6.45) is 0. The summed E-state index contributed by atoms with van der Waals surface area (Å²) in [5, 5.41) is 12.7. The quantitative estimate of drug-likeness (QED) is 0.794. The van der Waals surface area contributed by atoms with E-state index < -0.39 is 0 Å². The van der Waals surface area contributed by atoms with Gasteiger partial charge in [0.15, 0.2) is 0 Å². The number of phenols is 1. The third kappa shape index (κ3) is 2.17. The highest BCUT2D eigenvalue weighted by Crippen LogP contribution is 2.28. The standard InChI is InChI=1S/C15H15NO2/c17-13-7-5-12(6-8-13)16-15-10-18-9-11-3-1-2-4-14(11)15/h1-8,15-17H,9-10H2. The zero-order valence-corrected chi connectivity index (χ0v) is 9.97. The van der Waals surface area contributed by atoms with Crippen LogP contribution in [0, 0.1) is 0 Å². The van der Waals surface area contributed by atoms with Crippen molar-refractivity contribution in [3.8, 4) is 5.75 Å². The molecule has 0 saturated carbocycles. The summed E-state index contributed by atoms with van der Waals surface area (Å²) >= 11 is 0. The van der Waals surface area contributed by atoms with Crippen LogP contribution in [0.1, 0.15) is 17.2 Å². The van der Waals surface area contributed by atoms with E-state index in [1.54, 1.807) is 12.1 Å². The Labute approximate surface area is 106 Å². The molecule has 3 nitrogen and oxygen atoms in total. The number of hydrogen-bond donors (Lipinski definition) is 2. The van der Waals surface area contributed by atoms with Gasteiger partial charge in [-0.15, -0.1) is 0 Å². The number of phenolic OH excluding ortho intramolecular Hbond substituents is 1. The topological polar surface area (TPSA) is 41.5 Å². The second-order valence-electron chi connectivity index (χ2n) is 4.46. The Morgan fingerprint density at radius 3 is 2.67 bits per heavy atom. The molecular weight excluding hydrogens is 226 g/mol. The highest BCUT2D eigenvalue weighted by atomic mass is 16.5. The van der Waals surface area contributed by atoms with Crippen molar-refractivity contribution in [3.63, 3.8) is 0 Å². The van der Waals surface area contributed by atoms with Gasteiger partial charge in [-0.1, -0.05) is 24.3 Å². The van der Waals surface area contributed by atoms with Crippen LogP contribution in [0.25, 0.3) is 0 Å². The van der Waals surface area contributed by atoms with E-state index in [0.29, 0.717) is 13.2 Å². The highest BCUT2D eigenvalue weighted by Gasteiger charge is 2.19. The molecule has 3 heteroatoms. The van der Waals surface area contributed by atoms with Gasteiger partial charge in [-0.05, 0) is 35.4 Å². The van der Waals surface area contributed by atoms with Gasteiger partial charge < -0.3 is 15.2 Å². The minimum atomic E-state index is 0.166. The third-order valence-electron chi connectivity index (χ3n) is 3.18. The number of fused-ring (bicyclic) bond motifs is 1. The molecule has 2 aromatic carbocycles. The summed E-state index contributed by atoms with van der Waals surface area (Å²) in [7, 11) is 0. The molecule has 0 radical (unpaired) electrons. The van der Waals surface area contributed by atoms with Gasteiger partial charge in [-0.3, -0.25) is 0 Å². The highest BCUT2D eigenvalue weighted by molar-refractivity contribution is 5.49. The Morgan fingerprint density at radius 1 is 1.06 bits per heavy atom. The Morgan fingerprint density at radius 2 is 1.83 bits per heavy atom. The average molecular weight is 241 g/mol. The van der Waals surface area contributed by atoms with Gasteiger partial charge >= 0.3 is 0 Å². The number of anilines is 1. The van der Waals surface area contributed by atoms with E-state index in [9.17, 15) is 5.11 Å². The maximum Gasteiger partial charge on any atom is 0.115 e. The molecule has 3 rings (SSSR count). The Bertz CT molecular complexity index is 536. The van der Waals surface area contributed by atoms with Crippen molar-refractivity contribution in [2.24, 2.45) is 0 Å². The van der Waals surface area contributed by atoms with Crippen LogP contribution in [0.3, 0.4) is 0 Å². The summed E-state index contributed by atoms with van der Waals surface area (Å²) in [4.78, 5) is 0. The molecule has 0 amide bonds. The van der Waals surface area contributed by atoms with Crippen LogP contribution in [0.5, 0.6) is 5.75 Å². The van der Waals surface area contributed by atoms with Gasteiger partial charge in [0.25, 0.3) is 0 Å². The van der Waals surface area contributed by atoms with E-state index in [0.717, 1.165) is 5.69 Å². The molecule has 1 unspecified atom stereocenters. The molecule has 0 aromatic heterocycles. The Kier molecular flexibility index (Phi) is 2.90. The van der Waals surface area contributed by atoms with Crippen LogP contribution in [-0.2, 0) is 11.3 Å². The second-order valence-corrected chi connectivity index (χ2v) is 4.46.